The predicted molar refractivity (Wildman–Crippen MR) is 84.5 cm³/mol. The van der Waals surface area contributed by atoms with E-state index in [1.807, 2.05) is 0 Å². The zero-order valence-corrected chi connectivity index (χ0v) is 13.2. The van der Waals surface area contributed by atoms with E-state index in [4.69, 9.17) is 14.2 Å². The minimum Gasteiger partial charge on any atom is -0.497 e. The van der Waals surface area contributed by atoms with Crippen LogP contribution in [-0.2, 0) is 14.3 Å². The van der Waals surface area contributed by atoms with E-state index >= 15 is 0 Å². The zero-order valence-electron chi connectivity index (χ0n) is 13.2. The average molecular weight is 328 g/mol. The summed E-state index contributed by atoms with van der Waals surface area (Å²) in [4.78, 5) is 23.9. The van der Waals surface area contributed by atoms with Gasteiger partial charge in [0.05, 0.1) is 14.2 Å². The second-order valence-corrected chi connectivity index (χ2v) is 5.36. The molecule has 1 N–H and O–H groups in total. The fourth-order valence-corrected chi connectivity index (χ4v) is 2.97. The highest BCUT2D eigenvalue weighted by atomic mass is 16.5. The highest BCUT2D eigenvalue weighted by Crippen LogP contribution is 2.48. The molecule has 0 radical (unpaired) electrons. The Morgan fingerprint density at radius 3 is 2.46 bits per heavy atom. The molecule has 124 valence electrons. The van der Waals surface area contributed by atoms with Gasteiger partial charge in [-0.05, 0) is 12.1 Å². The van der Waals surface area contributed by atoms with Crippen LogP contribution in [0.2, 0.25) is 0 Å². The molecule has 0 spiro atoms. The molecule has 1 heterocycles. The molecule has 6 heteroatoms. The number of esters is 1. The minimum atomic E-state index is -1.37. The molecular formula is C18H16O6. The zero-order chi connectivity index (χ0) is 17.3. The lowest BCUT2D eigenvalue weighted by atomic mass is 9.78. The van der Waals surface area contributed by atoms with Gasteiger partial charge in [-0.1, -0.05) is 24.3 Å². The highest BCUT2D eigenvalue weighted by Gasteiger charge is 2.42. The lowest BCUT2D eigenvalue weighted by Crippen LogP contribution is -2.33. The molecule has 0 amide bonds. The molecule has 2 aromatic rings. The molecular weight excluding hydrogens is 312 g/mol. The van der Waals surface area contributed by atoms with Gasteiger partial charge >= 0.3 is 11.9 Å². The number of benzene rings is 2. The smallest absolute Gasteiger partial charge is 0.321 e. The van der Waals surface area contributed by atoms with Crippen molar-refractivity contribution in [3.8, 4) is 17.2 Å². The fourth-order valence-electron chi connectivity index (χ4n) is 2.97. The van der Waals surface area contributed by atoms with Crippen molar-refractivity contribution >= 4 is 11.9 Å². The van der Waals surface area contributed by atoms with E-state index in [1.54, 1.807) is 42.5 Å². The molecule has 1 aliphatic heterocycles. The summed E-state index contributed by atoms with van der Waals surface area (Å²) in [6, 6.07) is 12.2. The standard InChI is InChI=1S/C18H16O6/c1-22-10-7-8-12-14(9-10)24-13-6-4-3-5-11(13)15(12)16(17(19)20)18(21)23-2/h3-9,15-16H,1-2H3,(H,19,20). The van der Waals surface area contributed by atoms with Crippen molar-refractivity contribution in [2.45, 2.75) is 5.92 Å². The van der Waals surface area contributed by atoms with Crippen molar-refractivity contribution in [3.63, 3.8) is 0 Å². The van der Waals surface area contributed by atoms with Gasteiger partial charge in [-0.2, -0.15) is 0 Å². The van der Waals surface area contributed by atoms with Crippen molar-refractivity contribution in [1.82, 2.24) is 0 Å². The van der Waals surface area contributed by atoms with Crippen LogP contribution in [0.1, 0.15) is 17.0 Å². The van der Waals surface area contributed by atoms with Gasteiger partial charge in [-0.25, -0.2) is 0 Å². The van der Waals surface area contributed by atoms with Crippen molar-refractivity contribution in [3.05, 3.63) is 53.6 Å². The number of carbonyl (C=O) groups is 2. The molecule has 6 nitrogen and oxygen atoms in total. The van der Waals surface area contributed by atoms with Crippen LogP contribution in [0.5, 0.6) is 17.2 Å². The van der Waals surface area contributed by atoms with E-state index < -0.39 is 23.8 Å². The fraction of sp³-hybridized carbons (Fsp3) is 0.222. The molecule has 1 aliphatic rings. The minimum absolute atomic E-state index is 0.466. The number of methoxy groups -OCH3 is 2. The molecule has 0 saturated heterocycles. The van der Waals surface area contributed by atoms with Crippen LogP contribution >= 0.6 is 0 Å². The highest BCUT2D eigenvalue weighted by molar-refractivity contribution is 5.96. The van der Waals surface area contributed by atoms with Crippen molar-refractivity contribution < 1.29 is 28.9 Å². The van der Waals surface area contributed by atoms with Gasteiger partial charge in [0.2, 0.25) is 0 Å². The third kappa shape index (κ3) is 2.56. The SMILES string of the molecule is COC(=O)C(C(=O)O)C1c2ccccc2Oc2cc(OC)ccc21. The van der Waals surface area contributed by atoms with Gasteiger partial charge in [0.1, 0.15) is 17.2 Å². The van der Waals surface area contributed by atoms with E-state index in [0.29, 0.717) is 28.4 Å². The maximum Gasteiger partial charge on any atom is 0.321 e. The molecule has 2 atom stereocenters. The number of hydrogen-bond acceptors (Lipinski definition) is 5. The van der Waals surface area contributed by atoms with E-state index in [0.717, 1.165) is 0 Å². The Morgan fingerprint density at radius 2 is 1.79 bits per heavy atom. The number of carboxylic acids is 1. The Labute approximate surface area is 138 Å². The third-order valence-corrected chi connectivity index (χ3v) is 4.08. The largest absolute Gasteiger partial charge is 0.497 e. The average Bonchev–Trinajstić information content (AvgIpc) is 2.60. The summed E-state index contributed by atoms with van der Waals surface area (Å²) < 4.78 is 15.8. The molecule has 0 aliphatic carbocycles. The molecule has 2 unspecified atom stereocenters. The lowest BCUT2D eigenvalue weighted by Gasteiger charge is -2.31. The van der Waals surface area contributed by atoms with Crippen molar-refractivity contribution in [1.29, 1.82) is 0 Å². The summed E-state index contributed by atoms with van der Waals surface area (Å²) in [5.41, 5.74) is 1.24. The number of carboxylic acid groups (broad SMARTS) is 1. The van der Waals surface area contributed by atoms with E-state index in [9.17, 15) is 14.7 Å². The summed E-state index contributed by atoms with van der Waals surface area (Å²) in [6.45, 7) is 0. The topological polar surface area (TPSA) is 82.1 Å². The van der Waals surface area contributed by atoms with Crippen molar-refractivity contribution in [2.75, 3.05) is 14.2 Å². The Morgan fingerprint density at radius 1 is 1.08 bits per heavy atom. The van der Waals surface area contributed by atoms with Crippen LogP contribution in [0.25, 0.3) is 0 Å². The van der Waals surface area contributed by atoms with Gasteiger partial charge in [0.25, 0.3) is 0 Å². The van der Waals surface area contributed by atoms with Crippen LogP contribution in [0.4, 0.5) is 0 Å². The normalized spacial score (nSPS) is 16.2. The molecule has 0 saturated carbocycles. The summed E-state index contributed by atoms with van der Waals surface area (Å²) >= 11 is 0. The van der Waals surface area contributed by atoms with E-state index in [2.05, 4.69) is 0 Å². The number of aliphatic carboxylic acids is 1. The van der Waals surface area contributed by atoms with E-state index in [-0.39, 0.29) is 0 Å². The second-order valence-electron chi connectivity index (χ2n) is 5.36. The number of para-hydroxylation sites is 1. The molecule has 2 aromatic carbocycles. The first-order valence-electron chi connectivity index (χ1n) is 7.32. The molecule has 3 rings (SSSR count). The van der Waals surface area contributed by atoms with Crippen LogP contribution in [0.15, 0.2) is 42.5 Å². The van der Waals surface area contributed by atoms with Gasteiger partial charge in [-0.15, -0.1) is 0 Å². The number of fused-ring (bicyclic) bond motifs is 2. The Bertz CT molecular complexity index is 798. The van der Waals surface area contributed by atoms with Crippen LogP contribution in [0, 0.1) is 5.92 Å². The quantitative estimate of drug-likeness (QED) is 0.686. The van der Waals surface area contributed by atoms with Gasteiger partial charge in [0, 0.05) is 23.1 Å². The number of hydrogen-bond donors (Lipinski definition) is 1. The first kappa shape index (κ1) is 15.9. The summed E-state index contributed by atoms with van der Waals surface area (Å²) in [5, 5.41) is 9.61. The van der Waals surface area contributed by atoms with Crippen molar-refractivity contribution in [2.24, 2.45) is 5.92 Å². The summed E-state index contributed by atoms with van der Waals surface area (Å²) in [6.07, 6.45) is 0. The van der Waals surface area contributed by atoms with Gasteiger partial charge < -0.3 is 19.3 Å². The number of carbonyl (C=O) groups excluding carboxylic acids is 1. The first-order valence-corrected chi connectivity index (χ1v) is 7.32. The predicted octanol–water partition coefficient (Wildman–Crippen LogP) is 2.81. The second kappa shape index (κ2) is 6.23. The first-order chi connectivity index (χ1) is 11.6. The third-order valence-electron chi connectivity index (χ3n) is 4.08. The molecule has 24 heavy (non-hydrogen) atoms. The maximum atomic E-state index is 12.1. The van der Waals surface area contributed by atoms with E-state index in [1.165, 1.54) is 14.2 Å². The van der Waals surface area contributed by atoms with Crippen LogP contribution in [0.3, 0.4) is 0 Å². The Balaban J connectivity index is 2.21. The lowest BCUT2D eigenvalue weighted by molar-refractivity contribution is -0.157. The van der Waals surface area contributed by atoms with Gasteiger partial charge in [0.15, 0.2) is 5.92 Å². The molecule has 0 bridgehead atoms. The maximum absolute atomic E-state index is 12.1. The molecule has 0 fully saturated rings. The summed E-state index contributed by atoms with van der Waals surface area (Å²) in [5.74, 6) is -2.56. The Hall–Kier alpha value is -3.02. The van der Waals surface area contributed by atoms with Gasteiger partial charge in [-0.3, -0.25) is 9.59 Å². The van der Waals surface area contributed by atoms with Crippen LogP contribution < -0.4 is 9.47 Å². The summed E-state index contributed by atoms with van der Waals surface area (Å²) in [7, 11) is 2.71. The molecule has 0 aromatic heterocycles. The number of rotatable bonds is 4. The Kier molecular flexibility index (Phi) is 4.12. The number of ether oxygens (including phenoxy) is 3. The monoisotopic (exact) mass is 328 g/mol. The van der Waals surface area contributed by atoms with Crippen LogP contribution in [-0.4, -0.2) is 31.3 Å².